The second kappa shape index (κ2) is 11.9. The Hall–Kier alpha value is -1.97. The zero-order chi connectivity index (χ0) is 22.0. The molecule has 0 spiro atoms. The number of carbonyl (C=O) groups is 2. The maximum Gasteiger partial charge on any atom is 0.251 e. The van der Waals surface area contributed by atoms with Gasteiger partial charge in [-0.1, -0.05) is 33.8 Å². The lowest BCUT2D eigenvalue weighted by Crippen LogP contribution is -2.50. The minimum atomic E-state index is -3.67. The number of methoxy groups -OCH3 is 1. The molecule has 0 saturated carbocycles. The number of sulfonamides is 1. The van der Waals surface area contributed by atoms with E-state index in [-0.39, 0.29) is 22.3 Å². The van der Waals surface area contributed by atoms with Crippen molar-refractivity contribution in [1.82, 2.24) is 14.9 Å². The summed E-state index contributed by atoms with van der Waals surface area (Å²) < 4.78 is 31.7. The van der Waals surface area contributed by atoms with Gasteiger partial charge >= 0.3 is 0 Å². The van der Waals surface area contributed by atoms with Crippen LogP contribution in [0, 0.1) is 5.92 Å². The van der Waals surface area contributed by atoms with E-state index >= 15 is 0 Å². The van der Waals surface area contributed by atoms with Gasteiger partial charge in [0.2, 0.25) is 15.9 Å². The highest BCUT2D eigenvalue weighted by atomic mass is 32.2. The molecular formula is C20H33N3O5S. The lowest BCUT2D eigenvalue weighted by Gasteiger charge is -2.22. The van der Waals surface area contributed by atoms with Gasteiger partial charge < -0.3 is 15.4 Å². The Labute approximate surface area is 174 Å². The lowest BCUT2D eigenvalue weighted by molar-refractivity contribution is -0.123. The van der Waals surface area contributed by atoms with Gasteiger partial charge in [0.15, 0.2) is 0 Å². The van der Waals surface area contributed by atoms with Crippen LogP contribution in [0.4, 0.5) is 0 Å². The van der Waals surface area contributed by atoms with E-state index in [1.54, 1.807) is 21.0 Å². The average molecular weight is 428 g/mol. The molecule has 0 aliphatic rings. The molecule has 0 bridgehead atoms. The monoisotopic (exact) mass is 427 g/mol. The highest BCUT2D eigenvalue weighted by Crippen LogP contribution is 2.17. The van der Waals surface area contributed by atoms with Gasteiger partial charge in [0.25, 0.3) is 5.91 Å². The summed E-state index contributed by atoms with van der Waals surface area (Å²) in [4.78, 5) is 25.2. The van der Waals surface area contributed by atoms with E-state index in [2.05, 4.69) is 10.6 Å². The van der Waals surface area contributed by atoms with Gasteiger partial charge in [-0.3, -0.25) is 9.59 Å². The molecule has 1 aromatic rings. The number of benzene rings is 1. The zero-order valence-electron chi connectivity index (χ0n) is 17.9. The maximum atomic E-state index is 12.7. The second-order valence-electron chi connectivity index (χ2n) is 6.95. The van der Waals surface area contributed by atoms with Crippen molar-refractivity contribution in [3.05, 3.63) is 29.8 Å². The predicted octanol–water partition coefficient (Wildman–Crippen LogP) is 1.62. The molecule has 0 heterocycles. The van der Waals surface area contributed by atoms with E-state index in [1.165, 1.54) is 28.6 Å². The van der Waals surface area contributed by atoms with E-state index in [0.29, 0.717) is 32.7 Å². The normalized spacial score (nSPS) is 12.8. The van der Waals surface area contributed by atoms with Crippen LogP contribution in [0.1, 0.15) is 44.5 Å². The summed E-state index contributed by atoms with van der Waals surface area (Å²) in [5, 5.41) is 5.50. The van der Waals surface area contributed by atoms with Gasteiger partial charge in [0.1, 0.15) is 6.04 Å². The summed E-state index contributed by atoms with van der Waals surface area (Å²) in [6.07, 6.45) is 0.673. The van der Waals surface area contributed by atoms with Crippen molar-refractivity contribution in [3.63, 3.8) is 0 Å². The fourth-order valence-corrected chi connectivity index (χ4v) is 4.31. The van der Waals surface area contributed by atoms with E-state index < -0.39 is 22.0 Å². The lowest BCUT2D eigenvalue weighted by atomic mass is 10.0. The van der Waals surface area contributed by atoms with Crippen LogP contribution in [0.5, 0.6) is 0 Å². The predicted molar refractivity (Wildman–Crippen MR) is 112 cm³/mol. The first-order chi connectivity index (χ1) is 13.7. The third kappa shape index (κ3) is 7.09. The number of carbonyl (C=O) groups excluding carboxylic acids is 2. The molecule has 0 radical (unpaired) electrons. The van der Waals surface area contributed by atoms with Gasteiger partial charge in [0, 0.05) is 38.9 Å². The number of amides is 2. The Morgan fingerprint density at radius 2 is 1.83 bits per heavy atom. The highest BCUT2D eigenvalue weighted by molar-refractivity contribution is 7.89. The Morgan fingerprint density at radius 3 is 2.38 bits per heavy atom. The third-order valence-corrected chi connectivity index (χ3v) is 6.55. The van der Waals surface area contributed by atoms with Crippen LogP contribution < -0.4 is 10.6 Å². The molecule has 2 N–H and O–H groups in total. The smallest absolute Gasteiger partial charge is 0.251 e. The largest absolute Gasteiger partial charge is 0.385 e. The molecule has 164 valence electrons. The van der Waals surface area contributed by atoms with Crippen molar-refractivity contribution >= 4 is 21.8 Å². The molecule has 1 rings (SSSR count). The summed E-state index contributed by atoms with van der Waals surface area (Å²) in [5.41, 5.74) is 0.191. The fourth-order valence-electron chi connectivity index (χ4n) is 2.81. The first kappa shape index (κ1) is 25.1. The minimum absolute atomic E-state index is 0.0546. The molecule has 0 aliphatic heterocycles. The zero-order valence-corrected chi connectivity index (χ0v) is 18.7. The number of rotatable bonds is 12. The number of nitrogens with one attached hydrogen (secondary N) is 2. The summed E-state index contributed by atoms with van der Waals surface area (Å²) in [7, 11) is -2.08. The van der Waals surface area contributed by atoms with Gasteiger partial charge in [-0.05, 0) is 30.5 Å². The van der Waals surface area contributed by atoms with Crippen LogP contribution in [0.3, 0.4) is 0 Å². The van der Waals surface area contributed by atoms with Crippen LogP contribution >= 0.6 is 0 Å². The van der Waals surface area contributed by atoms with Crippen LogP contribution in [0.15, 0.2) is 29.2 Å². The molecular weight excluding hydrogens is 394 g/mol. The molecule has 2 amide bonds. The average Bonchev–Trinajstić information content (AvgIpc) is 2.69. The fraction of sp³-hybridized carbons (Fsp3) is 0.600. The van der Waals surface area contributed by atoms with Crippen molar-refractivity contribution in [2.45, 2.75) is 45.1 Å². The minimum Gasteiger partial charge on any atom is -0.385 e. The first-order valence-corrected chi connectivity index (χ1v) is 11.3. The van der Waals surface area contributed by atoms with Gasteiger partial charge in [0.05, 0.1) is 4.90 Å². The van der Waals surface area contributed by atoms with Crippen LogP contribution in [0.25, 0.3) is 0 Å². The van der Waals surface area contributed by atoms with E-state index in [1.807, 2.05) is 13.8 Å². The van der Waals surface area contributed by atoms with Crippen molar-refractivity contribution in [2.75, 3.05) is 33.4 Å². The third-order valence-electron chi connectivity index (χ3n) is 4.50. The van der Waals surface area contributed by atoms with Crippen LogP contribution in [-0.2, 0) is 19.6 Å². The van der Waals surface area contributed by atoms with E-state index in [4.69, 9.17) is 4.74 Å². The van der Waals surface area contributed by atoms with Crippen molar-refractivity contribution in [1.29, 1.82) is 0 Å². The summed E-state index contributed by atoms with van der Waals surface area (Å²) in [6.45, 7) is 8.85. The molecule has 0 aliphatic carbocycles. The number of hydrogen-bond donors (Lipinski definition) is 2. The number of hydrogen-bond acceptors (Lipinski definition) is 5. The Morgan fingerprint density at radius 1 is 1.17 bits per heavy atom. The maximum absolute atomic E-state index is 12.7. The van der Waals surface area contributed by atoms with Crippen LogP contribution in [0.2, 0.25) is 0 Å². The molecule has 0 saturated heterocycles. The molecule has 1 aromatic carbocycles. The summed E-state index contributed by atoms with van der Waals surface area (Å²) in [6, 6.07) is 5.14. The van der Waals surface area contributed by atoms with E-state index in [9.17, 15) is 18.0 Å². The highest BCUT2D eigenvalue weighted by Gasteiger charge is 2.26. The van der Waals surface area contributed by atoms with Crippen LogP contribution in [-0.4, -0.2) is 63.9 Å². The number of nitrogens with zero attached hydrogens (tertiary/aromatic N) is 1. The molecule has 0 aromatic heterocycles. The Balaban J connectivity index is 2.95. The van der Waals surface area contributed by atoms with Gasteiger partial charge in [-0.25, -0.2) is 8.42 Å². The molecule has 9 heteroatoms. The topological polar surface area (TPSA) is 105 Å². The van der Waals surface area contributed by atoms with Crippen molar-refractivity contribution in [3.8, 4) is 0 Å². The SMILES string of the molecule is CCN(CC)S(=O)(=O)c1cccc(C(=O)N[C@H](C(=O)NCCCOC)C(C)C)c1. The number of ether oxygens (including phenoxy) is 1. The standard InChI is InChI=1S/C20H33N3O5S/c1-6-23(7-2)29(26,27)17-11-8-10-16(14-17)19(24)22-18(15(3)4)20(25)21-12-9-13-28-5/h8,10-11,14-15,18H,6-7,9,12-13H2,1-5H3,(H,21,25)(H,22,24)/t18-/m0/s1. The van der Waals surface area contributed by atoms with Gasteiger partial charge in [-0.15, -0.1) is 0 Å². The Kier molecular flexibility index (Phi) is 10.3. The summed E-state index contributed by atoms with van der Waals surface area (Å²) >= 11 is 0. The summed E-state index contributed by atoms with van der Waals surface area (Å²) in [5.74, 6) is -0.910. The molecule has 0 unspecified atom stereocenters. The van der Waals surface area contributed by atoms with E-state index in [0.717, 1.165) is 0 Å². The second-order valence-corrected chi connectivity index (χ2v) is 8.89. The first-order valence-electron chi connectivity index (χ1n) is 9.86. The quantitative estimate of drug-likeness (QED) is 0.493. The molecule has 8 nitrogen and oxygen atoms in total. The Bertz CT molecular complexity index is 776. The van der Waals surface area contributed by atoms with Gasteiger partial charge in [-0.2, -0.15) is 4.31 Å². The molecule has 1 atom stereocenters. The molecule has 29 heavy (non-hydrogen) atoms. The van der Waals surface area contributed by atoms with Crippen molar-refractivity contribution in [2.24, 2.45) is 5.92 Å². The van der Waals surface area contributed by atoms with Crippen molar-refractivity contribution < 1.29 is 22.7 Å². The molecule has 0 fully saturated rings.